The van der Waals surface area contributed by atoms with E-state index in [4.69, 9.17) is 26.8 Å². The molecule has 0 spiro atoms. The van der Waals surface area contributed by atoms with Crippen molar-refractivity contribution in [3.8, 4) is 0 Å². The summed E-state index contributed by atoms with van der Waals surface area (Å²) in [4.78, 5) is 12.1. The second-order valence-electron chi connectivity index (χ2n) is 5.97. The molecule has 0 radical (unpaired) electrons. The van der Waals surface area contributed by atoms with E-state index >= 15 is 0 Å². The molecule has 1 aliphatic heterocycles. The quantitative estimate of drug-likeness (QED) is 0.794. The Balaban J connectivity index is 2.04. The molecule has 5 nitrogen and oxygen atoms in total. The van der Waals surface area contributed by atoms with Crippen LogP contribution in [0.4, 0.5) is 0 Å². The van der Waals surface area contributed by atoms with Gasteiger partial charge in [0.05, 0.1) is 12.5 Å². The molecule has 0 saturated carbocycles. The maximum absolute atomic E-state index is 12.1. The first-order chi connectivity index (χ1) is 11.1. The number of hydrogen-bond acceptors (Lipinski definition) is 4. The third-order valence-electron chi connectivity index (χ3n) is 4.54. The Morgan fingerprint density at radius 1 is 1.39 bits per heavy atom. The summed E-state index contributed by atoms with van der Waals surface area (Å²) in [6, 6.07) is 7.87. The van der Waals surface area contributed by atoms with Gasteiger partial charge in [0.1, 0.15) is 0 Å². The minimum atomic E-state index is -0.240. The van der Waals surface area contributed by atoms with Crippen LogP contribution in [-0.4, -0.2) is 45.4 Å². The topological polar surface area (TPSA) is 73.6 Å². The Labute approximate surface area is 142 Å². The van der Waals surface area contributed by atoms with Crippen molar-refractivity contribution in [3.05, 3.63) is 34.9 Å². The molecule has 1 amide bonds. The molecule has 0 aliphatic carbocycles. The molecule has 128 valence electrons. The van der Waals surface area contributed by atoms with Gasteiger partial charge in [-0.1, -0.05) is 23.7 Å². The highest BCUT2D eigenvalue weighted by atomic mass is 35.5. The summed E-state index contributed by atoms with van der Waals surface area (Å²) in [5.74, 6) is -0.0397. The normalized spacial score (nSPS) is 18.4. The number of carbonyl (C=O) groups is 1. The minimum absolute atomic E-state index is 0.0397. The van der Waals surface area contributed by atoms with E-state index in [9.17, 15) is 4.79 Å². The number of nitrogens with one attached hydrogen (secondary N) is 1. The second-order valence-corrected chi connectivity index (χ2v) is 6.41. The summed E-state index contributed by atoms with van der Waals surface area (Å²) in [6.45, 7) is 2.31. The molecule has 1 aromatic rings. The number of ether oxygens (including phenoxy) is 2. The number of amides is 1. The number of methoxy groups -OCH3 is 1. The number of benzene rings is 1. The van der Waals surface area contributed by atoms with E-state index in [1.807, 2.05) is 24.3 Å². The number of rotatable bonds is 7. The lowest BCUT2D eigenvalue weighted by molar-refractivity contribution is -0.123. The first kappa shape index (κ1) is 18.2. The Morgan fingerprint density at radius 3 is 2.61 bits per heavy atom. The summed E-state index contributed by atoms with van der Waals surface area (Å²) >= 11 is 5.99. The van der Waals surface area contributed by atoms with Gasteiger partial charge in [0, 0.05) is 43.9 Å². The average Bonchev–Trinajstić information content (AvgIpc) is 2.59. The van der Waals surface area contributed by atoms with Crippen LogP contribution in [0.15, 0.2) is 24.3 Å². The first-order valence-electron chi connectivity index (χ1n) is 7.93. The van der Waals surface area contributed by atoms with E-state index in [0.717, 1.165) is 12.8 Å². The highest BCUT2D eigenvalue weighted by Gasteiger charge is 2.34. The maximum Gasteiger partial charge on any atom is 0.222 e. The monoisotopic (exact) mass is 340 g/mol. The van der Waals surface area contributed by atoms with Gasteiger partial charge in [-0.05, 0) is 30.5 Å². The van der Waals surface area contributed by atoms with Crippen molar-refractivity contribution in [1.29, 1.82) is 0 Å². The van der Waals surface area contributed by atoms with Crippen molar-refractivity contribution >= 4 is 17.5 Å². The lowest BCUT2D eigenvalue weighted by Crippen LogP contribution is -2.45. The fourth-order valence-corrected chi connectivity index (χ4v) is 3.07. The third kappa shape index (κ3) is 4.91. The molecular formula is C17H25ClN2O3. The SMILES string of the molecule is COC(CN)CC(=O)NCC1(c2ccc(Cl)cc2)CCOCC1. The molecule has 3 N–H and O–H groups in total. The van der Waals surface area contributed by atoms with Crippen molar-refractivity contribution in [2.24, 2.45) is 5.73 Å². The fraction of sp³-hybridized carbons (Fsp3) is 0.588. The Kier molecular flexibility index (Phi) is 6.84. The summed E-state index contributed by atoms with van der Waals surface area (Å²) in [5, 5.41) is 3.76. The maximum atomic E-state index is 12.1. The van der Waals surface area contributed by atoms with Crippen molar-refractivity contribution < 1.29 is 14.3 Å². The van der Waals surface area contributed by atoms with Crippen LogP contribution in [-0.2, 0) is 19.7 Å². The molecule has 2 rings (SSSR count). The van der Waals surface area contributed by atoms with Gasteiger partial charge < -0.3 is 20.5 Å². The Morgan fingerprint density at radius 2 is 2.04 bits per heavy atom. The minimum Gasteiger partial charge on any atom is -0.381 e. The number of hydrogen-bond donors (Lipinski definition) is 2. The predicted molar refractivity (Wildman–Crippen MR) is 90.7 cm³/mol. The lowest BCUT2D eigenvalue weighted by Gasteiger charge is -2.38. The van der Waals surface area contributed by atoms with Crippen molar-refractivity contribution in [3.63, 3.8) is 0 Å². The summed E-state index contributed by atoms with van der Waals surface area (Å²) < 4.78 is 10.7. The van der Waals surface area contributed by atoms with E-state index < -0.39 is 0 Å². The second kappa shape index (κ2) is 8.64. The summed E-state index contributed by atoms with van der Waals surface area (Å²) in [7, 11) is 1.57. The molecule has 1 aliphatic rings. The molecule has 6 heteroatoms. The molecule has 1 aromatic carbocycles. The Hall–Kier alpha value is -1.14. The van der Waals surface area contributed by atoms with Gasteiger partial charge in [0.15, 0.2) is 0 Å². The van der Waals surface area contributed by atoms with Crippen LogP contribution in [0.2, 0.25) is 5.02 Å². The number of carbonyl (C=O) groups excluding carboxylic acids is 1. The van der Waals surface area contributed by atoms with Gasteiger partial charge in [-0.3, -0.25) is 4.79 Å². The average molecular weight is 341 g/mol. The zero-order valence-electron chi connectivity index (χ0n) is 13.5. The van der Waals surface area contributed by atoms with Gasteiger partial charge in [-0.25, -0.2) is 0 Å². The van der Waals surface area contributed by atoms with Gasteiger partial charge in [-0.2, -0.15) is 0 Å². The van der Waals surface area contributed by atoms with Gasteiger partial charge >= 0.3 is 0 Å². The molecule has 1 fully saturated rings. The smallest absolute Gasteiger partial charge is 0.222 e. The molecule has 23 heavy (non-hydrogen) atoms. The summed E-state index contributed by atoms with van der Waals surface area (Å²) in [6.07, 6.45) is 1.79. The van der Waals surface area contributed by atoms with Gasteiger partial charge in [-0.15, -0.1) is 0 Å². The van der Waals surface area contributed by atoms with Crippen LogP contribution in [0, 0.1) is 0 Å². The van der Waals surface area contributed by atoms with Crippen LogP contribution in [0.25, 0.3) is 0 Å². The van der Waals surface area contributed by atoms with E-state index in [1.165, 1.54) is 5.56 Å². The zero-order valence-corrected chi connectivity index (χ0v) is 14.3. The van der Waals surface area contributed by atoms with Crippen LogP contribution < -0.4 is 11.1 Å². The van der Waals surface area contributed by atoms with E-state index in [-0.39, 0.29) is 23.8 Å². The van der Waals surface area contributed by atoms with Crippen molar-refractivity contribution in [1.82, 2.24) is 5.32 Å². The molecule has 1 unspecified atom stereocenters. The predicted octanol–water partition coefficient (Wildman–Crippen LogP) is 1.87. The molecular weight excluding hydrogens is 316 g/mol. The number of nitrogens with two attached hydrogens (primary N) is 1. The van der Waals surface area contributed by atoms with E-state index in [1.54, 1.807) is 7.11 Å². The number of halogens is 1. The third-order valence-corrected chi connectivity index (χ3v) is 4.79. The van der Waals surface area contributed by atoms with E-state index in [0.29, 0.717) is 31.3 Å². The summed E-state index contributed by atoms with van der Waals surface area (Å²) in [5.41, 5.74) is 6.65. The van der Waals surface area contributed by atoms with Crippen LogP contribution in [0.3, 0.4) is 0 Å². The van der Waals surface area contributed by atoms with E-state index in [2.05, 4.69) is 5.32 Å². The van der Waals surface area contributed by atoms with Gasteiger partial charge in [0.25, 0.3) is 0 Å². The van der Waals surface area contributed by atoms with Crippen molar-refractivity contribution in [2.75, 3.05) is 33.4 Å². The van der Waals surface area contributed by atoms with Crippen molar-refractivity contribution in [2.45, 2.75) is 30.8 Å². The molecule has 0 bridgehead atoms. The largest absolute Gasteiger partial charge is 0.381 e. The van der Waals surface area contributed by atoms with Gasteiger partial charge in [0.2, 0.25) is 5.91 Å². The highest BCUT2D eigenvalue weighted by Crippen LogP contribution is 2.34. The Bertz CT molecular complexity index is 497. The van der Waals surface area contributed by atoms with Crippen LogP contribution >= 0.6 is 11.6 Å². The zero-order chi connectivity index (χ0) is 16.7. The molecule has 1 heterocycles. The molecule has 1 saturated heterocycles. The first-order valence-corrected chi connectivity index (χ1v) is 8.31. The van der Waals surface area contributed by atoms with Crippen LogP contribution in [0.1, 0.15) is 24.8 Å². The molecule has 0 aromatic heterocycles. The fourth-order valence-electron chi connectivity index (χ4n) is 2.94. The van der Waals surface area contributed by atoms with Crippen LogP contribution in [0.5, 0.6) is 0 Å². The standard InChI is InChI=1S/C17H25ClN2O3/c1-22-15(11-19)10-16(21)20-12-17(6-8-23-9-7-17)13-2-4-14(18)5-3-13/h2-5,15H,6-12,19H2,1H3,(H,20,21). The highest BCUT2D eigenvalue weighted by molar-refractivity contribution is 6.30. The molecule has 1 atom stereocenters. The lowest BCUT2D eigenvalue weighted by atomic mass is 9.74.